The van der Waals surface area contributed by atoms with E-state index in [-0.39, 0.29) is 6.04 Å². The smallest absolute Gasteiger partial charge is 0.134 e. The average molecular weight is 217 g/mol. The maximum absolute atomic E-state index is 6.16. The molecule has 16 heavy (non-hydrogen) atoms. The molecule has 0 spiro atoms. The van der Waals surface area contributed by atoms with Crippen molar-refractivity contribution in [1.29, 1.82) is 0 Å². The quantitative estimate of drug-likeness (QED) is 0.849. The summed E-state index contributed by atoms with van der Waals surface area (Å²) in [6, 6.07) is 8.29. The van der Waals surface area contributed by atoms with Crippen LogP contribution in [0.3, 0.4) is 0 Å². The van der Waals surface area contributed by atoms with E-state index in [1.54, 1.807) is 0 Å². The van der Waals surface area contributed by atoms with Crippen LogP contribution >= 0.6 is 0 Å². The second-order valence-electron chi connectivity index (χ2n) is 4.60. The van der Waals surface area contributed by atoms with Crippen molar-refractivity contribution in [1.82, 2.24) is 0 Å². The van der Waals surface area contributed by atoms with E-state index < -0.39 is 0 Å². The van der Waals surface area contributed by atoms with Gasteiger partial charge < -0.3 is 10.2 Å². The number of nitrogens with two attached hydrogens (primary N) is 1. The highest BCUT2D eigenvalue weighted by molar-refractivity contribution is 5.78. The Kier molecular flexibility index (Phi) is 3.01. The van der Waals surface area contributed by atoms with Crippen LogP contribution in [0.2, 0.25) is 0 Å². The van der Waals surface area contributed by atoms with Gasteiger partial charge in [-0.2, -0.15) is 0 Å². The molecule has 2 N–H and O–H groups in total. The molecule has 0 fully saturated rings. The second-order valence-corrected chi connectivity index (χ2v) is 4.60. The van der Waals surface area contributed by atoms with Crippen LogP contribution in [0.15, 0.2) is 28.7 Å². The molecule has 0 radical (unpaired) electrons. The first kappa shape index (κ1) is 11.2. The SMILES string of the molecule is CCC(C)C(N)c1cc2ccc(C)cc2o1. The van der Waals surface area contributed by atoms with E-state index in [0.29, 0.717) is 5.92 Å². The Morgan fingerprint density at radius 2 is 2.06 bits per heavy atom. The Labute approximate surface area is 96.4 Å². The predicted octanol–water partition coefficient (Wildman–Crippen LogP) is 3.79. The molecule has 86 valence electrons. The number of rotatable bonds is 3. The van der Waals surface area contributed by atoms with E-state index in [1.165, 1.54) is 5.56 Å². The standard InChI is InChI=1S/C14H19NO/c1-4-10(3)14(15)13-8-11-6-5-9(2)7-12(11)16-13/h5-8,10,14H,4,15H2,1-3H3. The van der Waals surface area contributed by atoms with Crippen LogP contribution < -0.4 is 5.73 Å². The van der Waals surface area contributed by atoms with Gasteiger partial charge in [-0.25, -0.2) is 0 Å². The maximum atomic E-state index is 6.16. The summed E-state index contributed by atoms with van der Waals surface area (Å²) < 4.78 is 5.81. The molecule has 2 nitrogen and oxygen atoms in total. The van der Waals surface area contributed by atoms with Crippen LogP contribution in [0.5, 0.6) is 0 Å². The summed E-state index contributed by atoms with van der Waals surface area (Å²) in [5.74, 6) is 1.34. The number of benzene rings is 1. The van der Waals surface area contributed by atoms with E-state index in [2.05, 4.69) is 45.0 Å². The van der Waals surface area contributed by atoms with Gasteiger partial charge in [0.25, 0.3) is 0 Å². The molecule has 0 aliphatic rings. The third-order valence-corrected chi connectivity index (χ3v) is 3.28. The van der Waals surface area contributed by atoms with Crippen molar-refractivity contribution in [3.63, 3.8) is 0 Å². The lowest BCUT2D eigenvalue weighted by Crippen LogP contribution is -2.17. The van der Waals surface area contributed by atoms with Crippen LogP contribution in [0.4, 0.5) is 0 Å². The van der Waals surface area contributed by atoms with Gasteiger partial charge in [0.15, 0.2) is 0 Å². The normalized spacial score (nSPS) is 15.2. The first-order valence-electron chi connectivity index (χ1n) is 5.87. The van der Waals surface area contributed by atoms with E-state index in [9.17, 15) is 0 Å². The Morgan fingerprint density at radius 1 is 1.31 bits per heavy atom. The summed E-state index contributed by atoms with van der Waals surface area (Å²) in [6.07, 6.45) is 1.07. The monoisotopic (exact) mass is 217 g/mol. The highest BCUT2D eigenvalue weighted by Gasteiger charge is 2.17. The van der Waals surface area contributed by atoms with Gasteiger partial charge in [-0.05, 0) is 30.5 Å². The first-order valence-corrected chi connectivity index (χ1v) is 5.87. The molecular formula is C14H19NO. The average Bonchev–Trinajstić information content (AvgIpc) is 2.69. The molecular weight excluding hydrogens is 198 g/mol. The lowest BCUT2D eigenvalue weighted by Gasteiger charge is -2.15. The van der Waals surface area contributed by atoms with E-state index >= 15 is 0 Å². The van der Waals surface area contributed by atoms with Gasteiger partial charge in [-0.3, -0.25) is 0 Å². The molecule has 1 aromatic carbocycles. The van der Waals surface area contributed by atoms with Crippen LogP contribution in [0.25, 0.3) is 11.0 Å². The summed E-state index contributed by atoms with van der Waals surface area (Å²) in [7, 11) is 0. The first-order chi connectivity index (χ1) is 7.61. The van der Waals surface area contributed by atoms with Crippen molar-refractivity contribution in [2.75, 3.05) is 0 Å². The molecule has 1 aromatic heterocycles. The van der Waals surface area contributed by atoms with Crippen molar-refractivity contribution in [3.05, 3.63) is 35.6 Å². The molecule has 0 aliphatic heterocycles. The maximum Gasteiger partial charge on any atom is 0.134 e. The van der Waals surface area contributed by atoms with Gasteiger partial charge in [0.2, 0.25) is 0 Å². The van der Waals surface area contributed by atoms with Crippen molar-refractivity contribution < 1.29 is 4.42 Å². The Bertz CT molecular complexity index is 486. The minimum Gasteiger partial charge on any atom is -0.459 e. The van der Waals surface area contributed by atoms with Crippen molar-refractivity contribution in [2.24, 2.45) is 11.7 Å². The molecule has 2 unspecified atom stereocenters. The van der Waals surface area contributed by atoms with Crippen molar-refractivity contribution >= 4 is 11.0 Å². The summed E-state index contributed by atoms with van der Waals surface area (Å²) >= 11 is 0. The number of aryl methyl sites for hydroxylation is 1. The Morgan fingerprint density at radius 3 is 2.75 bits per heavy atom. The zero-order valence-electron chi connectivity index (χ0n) is 10.2. The lowest BCUT2D eigenvalue weighted by atomic mass is 9.98. The second kappa shape index (κ2) is 4.30. The molecule has 2 heteroatoms. The predicted molar refractivity (Wildman–Crippen MR) is 67.3 cm³/mol. The topological polar surface area (TPSA) is 39.2 Å². The molecule has 0 aliphatic carbocycles. The number of furan rings is 1. The van der Waals surface area contributed by atoms with Crippen LogP contribution in [-0.4, -0.2) is 0 Å². The molecule has 0 amide bonds. The van der Waals surface area contributed by atoms with Gasteiger partial charge in [0.1, 0.15) is 11.3 Å². The minimum absolute atomic E-state index is 0.00212. The van der Waals surface area contributed by atoms with Gasteiger partial charge >= 0.3 is 0 Å². The molecule has 0 saturated heterocycles. The minimum atomic E-state index is -0.00212. The van der Waals surface area contributed by atoms with Gasteiger partial charge in [-0.1, -0.05) is 32.4 Å². The summed E-state index contributed by atoms with van der Waals surface area (Å²) in [4.78, 5) is 0. The van der Waals surface area contributed by atoms with Crippen LogP contribution in [0.1, 0.15) is 37.6 Å². The van der Waals surface area contributed by atoms with Crippen molar-refractivity contribution in [2.45, 2.75) is 33.2 Å². The summed E-state index contributed by atoms with van der Waals surface area (Å²) in [6.45, 7) is 6.37. The number of hydrogen-bond donors (Lipinski definition) is 1. The zero-order valence-corrected chi connectivity index (χ0v) is 10.2. The molecule has 0 saturated carbocycles. The molecule has 2 aromatic rings. The van der Waals surface area contributed by atoms with Gasteiger partial charge in [0, 0.05) is 5.39 Å². The third-order valence-electron chi connectivity index (χ3n) is 3.28. The fraction of sp³-hybridized carbons (Fsp3) is 0.429. The van der Waals surface area contributed by atoms with Crippen molar-refractivity contribution in [3.8, 4) is 0 Å². The van der Waals surface area contributed by atoms with Crippen LogP contribution in [-0.2, 0) is 0 Å². The third kappa shape index (κ3) is 1.98. The Hall–Kier alpha value is -1.28. The molecule has 0 bridgehead atoms. The van der Waals surface area contributed by atoms with Crippen LogP contribution in [0, 0.1) is 12.8 Å². The van der Waals surface area contributed by atoms with Gasteiger partial charge in [-0.15, -0.1) is 0 Å². The Balaban J connectivity index is 2.39. The fourth-order valence-corrected chi connectivity index (χ4v) is 1.86. The van der Waals surface area contributed by atoms with Gasteiger partial charge in [0.05, 0.1) is 6.04 Å². The molecule has 1 heterocycles. The lowest BCUT2D eigenvalue weighted by molar-refractivity contribution is 0.388. The molecule has 2 atom stereocenters. The number of hydrogen-bond acceptors (Lipinski definition) is 2. The number of fused-ring (bicyclic) bond motifs is 1. The van der Waals surface area contributed by atoms with E-state index in [1.807, 2.05) is 0 Å². The zero-order chi connectivity index (χ0) is 11.7. The van der Waals surface area contributed by atoms with E-state index in [4.69, 9.17) is 10.2 Å². The summed E-state index contributed by atoms with van der Waals surface area (Å²) in [5.41, 5.74) is 8.31. The largest absolute Gasteiger partial charge is 0.459 e. The highest BCUT2D eigenvalue weighted by Crippen LogP contribution is 2.28. The highest BCUT2D eigenvalue weighted by atomic mass is 16.3. The van der Waals surface area contributed by atoms with E-state index in [0.717, 1.165) is 23.2 Å². The fourth-order valence-electron chi connectivity index (χ4n) is 1.86. The molecule has 2 rings (SSSR count). The summed E-state index contributed by atoms with van der Waals surface area (Å²) in [5, 5.41) is 1.14.